The number of aliphatic hydroxyl groups is 2. The summed E-state index contributed by atoms with van der Waals surface area (Å²) in [5.74, 6) is 1.34. The van der Waals surface area contributed by atoms with E-state index in [1.165, 1.54) is 0 Å². The Morgan fingerprint density at radius 1 is 1.48 bits per heavy atom. The first-order valence-corrected chi connectivity index (χ1v) is 8.99. The number of rotatable bonds is 12. The standard InChI is InChI=1S/C15H29NO4S/c1-3-20-14(19)15(2,16-12-6-7-12)8-4-5-9-21-11-13(18)10-17/h12-13,16-18H,3-11H2,1-2H3. The van der Waals surface area contributed by atoms with Gasteiger partial charge in [-0.1, -0.05) is 6.42 Å². The number of aliphatic hydroxyl groups excluding tert-OH is 2. The van der Waals surface area contributed by atoms with Crippen LogP contribution >= 0.6 is 11.8 Å². The maximum Gasteiger partial charge on any atom is 0.326 e. The second-order valence-corrected chi connectivity index (χ2v) is 6.99. The minimum absolute atomic E-state index is 0.153. The molecule has 0 radical (unpaired) electrons. The lowest BCUT2D eigenvalue weighted by atomic mass is 9.94. The number of thioether (sulfide) groups is 1. The molecule has 0 aliphatic heterocycles. The molecule has 2 atom stereocenters. The lowest BCUT2D eigenvalue weighted by Gasteiger charge is -2.28. The van der Waals surface area contributed by atoms with Crippen molar-refractivity contribution in [2.45, 2.75) is 63.6 Å². The van der Waals surface area contributed by atoms with Crippen LogP contribution in [0.15, 0.2) is 0 Å². The zero-order valence-corrected chi connectivity index (χ0v) is 14.0. The van der Waals surface area contributed by atoms with Crippen molar-refractivity contribution in [2.24, 2.45) is 0 Å². The first-order chi connectivity index (χ1) is 10.0. The number of hydrogen-bond donors (Lipinski definition) is 3. The van der Waals surface area contributed by atoms with Crippen LogP contribution in [0.5, 0.6) is 0 Å². The fraction of sp³-hybridized carbons (Fsp3) is 0.933. The van der Waals surface area contributed by atoms with Crippen molar-refractivity contribution in [3.63, 3.8) is 0 Å². The van der Waals surface area contributed by atoms with Gasteiger partial charge in [-0.25, -0.2) is 0 Å². The molecule has 0 amide bonds. The van der Waals surface area contributed by atoms with Crippen LogP contribution in [0.2, 0.25) is 0 Å². The Morgan fingerprint density at radius 3 is 2.76 bits per heavy atom. The Kier molecular flexibility index (Phi) is 8.63. The fourth-order valence-electron chi connectivity index (χ4n) is 2.16. The molecule has 0 aromatic heterocycles. The van der Waals surface area contributed by atoms with Crippen molar-refractivity contribution in [2.75, 3.05) is 24.7 Å². The quantitative estimate of drug-likeness (QED) is 0.372. The molecule has 1 saturated carbocycles. The third kappa shape index (κ3) is 7.49. The summed E-state index contributed by atoms with van der Waals surface area (Å²) in [6, 6.07) is 0.466. The number of nitrogens with one attached hydrogen (secondary N) is 1. The summed E-state index contributed by atoms with van der Waals surface area (Å²) in [5, 5.41) is 21.4. The summed E-state index contributed by atoms with van der Waals surface area (Å²) >= 11 is 1.63. The van der Waals surface area contributed by atoms with Gasteiger partial charge in [0.25, 0.3) is 0 Å². The highest BCUT2D eigenvalue weighted by Gasteiger charge is 2.38. The molecule has 3 N–H and O–H groups in total. The highest BCUT2D eigenvalue weighted by molar-refractivity contribution is 7.99. The third-order valence-corrected chi connectivity index (χ3v) is 4.76. The van der Waals surface area contributed by atoms with Gasteiger partial charge in [-0.2, -0.15) is 11.8 Å². The SMILES string of the molecule is CCOC(=O)C(C)(CCCCSCC(O)CO)NC1CC1. The van der Waals surface area contributed by atoms with E-state index in [1.807, 2.05) is 13.8 Å². The molecule has 0 aromatic carbocycles. The van der Waals surface area contributed by atoms with Crippen LogP contribution < -0.4 is 5.32 Å². The molecule has 0 saturated heterocycles. The molecule has 6 heteroatoms. The van der Waals surface area contributed by atoms with Crippen molar-refractivity contribution in [3.8, 4) is 0 Å². The smallest absolute Gasteiger partial charge is 0.326 e. The molecule has 1 aliphatic carbocycles. The minimum Gasteiger partial charge on any atom is -0.465 e. The van der Waals surface area contributed by atoms with E-state index < -0.39 is 11.6 Å². The van der Waals surface area contributed by atoms with Crippen molar-refractivity contribution < 1.29 is 19.7 Å². The number of carbonyl (C=O) groups excluding carboxylic acids is 1. The Bertz CT molecular complexity index is 312. The molecule has 2 unspecified atom stereocenters. The lowest BCUT2D eigenvalue weighted by molar-refractivity contribution is -0.151. The van der Waals surface area contributed by atoms with Crippen molar-refractivity contribution in [1.29, 1.82) is 0 Å². The van der Waals surface area contributed by atoms with Gasteiger partial charge in [0, 0.05) is 11.8 Å². The van der Waals surface area contributed by atoms with E-state index in [9.17, 15) is 9.90 Å². The average Bonchev–Trinajstić information content (AvgIpc) is 3.26. The van der Waals surface area contributed by atoms with Crippen LogP contribution in [0.4, 0.5) is 0 Å². The normalized spacial score (nSPS) is 19.0. The molecular formula is C15H29NO4S. The average molecular weight is 319 g/mol. The van der Waals surface area contributed by atoms with Crippen LogP contribution in [-0.4, -0.2) is 58.6 Å². The summed E-state index contributed by atoms with van der Waals surface area (Å²) in [5.41, 5.74) is -0.577. The van der Waals surface area contributed by atoms with Gasteiger partial charge >= 0.3 is 5.97 Å². The molecule has 1 rings (SSSR count). The monoisotopic (exact) mass is 319 g/mol. The number of ether oxygens (including phenoxy) is 1. The number of carbonyl (C=O) groups is 1. The largest absolute Gasteiger partial charge is 0.465 e. The van der Waals surface area contributed by atoms with Crippen molar-refractivity contribution in [3.05, 3.63) is 0 Å². The van der Waals surface area contributed by atoms with Gasteiger partial charge in [0.2, 0.25) is 0 Å². The summed E-state index contributed by atoms with van der Waals surface area (Å²) in [6.45, 7) is 4.00. The maximum absolute atomic E-state index is 12.1. The van der Waals surface area contributed by atoms with Gasteiger partial charge in [-0.05, 0) is 45.3 Å². The van der Waals surface area contributed by atoms with E-state index in [4.69, 9.17) is 9.84 Å². The van der Waals surface area contributed by atoms with Crippen LogP contribution in [0, 0.1) is 0 Å². The van der Waals surface area contributed by atoms with E-state index in [1.54, 1.807) is 11.8 Å². The Hall–Kier alpha value is -0.300. The predicted octanol–water partition coefficient (Wildman–Crippen LogP) is 1.32. The number of hydrogen-bond acceptors (Lipinski definition) is 6. The summed E-state index contributed by atoms with van der Waals surface area (Å²) < 4.78 is 5.19. The second-order valence-electron chi connectivity index (χ2n) is 5.84. The molecule has 0 spiro atoms. The van der Waals surface area contributed by atoms with Gasteiger partial charge in [-0.3, -0.25) is 10.1 Å². The molecule has 124 valence electrons. The van der Waals surface area contributed by atoms with Gasteiger partial charge in [0.1, 0.15) is 5.54 Å². The minimum atomic E-state index is -0.628. The van der Waals surface area contributed by atoms with Gasteiger partial charge < -0.3 is 14.9 Å². The summed E-state index contributed by atoms with van der Waals surface area (Å²) in [6.07, 6.45) is 4.36. The Labute approximate surface area is 131 Å². The highest BCUT2D eigenvalue weighted by atomic mass is 32.2. The van der Waals surface area contributed by atoms with Crippen molar-refractivity contribution >= 4 is 17.7 Å². The first kappa shape index (κ1) is 18.7. The molecule has 0 bridgehead atoms. The predicted molar refractivity (Wildman–Crippen MR) is 85.5 cm³/mol. The molecule has 0 heterocycles. The number of unbranched alkanes of at least 4 members (excludes halogenated alkanes) is 1. The first-order valence-electron chi connectivity index (χ1n) is 7.83. The van der Waals surface area contributed by atoms with Crippen molar-refractivity contribution in [1.82, 2.24) is 5.32 Å². The Balaban J connectivity index is 2.24. The highest BCUT2D eigenvalue weighted by Crippen LogP contribution is 2.26. The van der Waals surface area contributed by atoms with Gasteiger partial charge in [0.15, 0.2) is 0 Å². The van der Waals surface area contributed by atoms with Crippen LogP contribution in [0.1, 0.15) is 46.0 Å². The topological polar surface area (TPSA) is 78.8 Å². The second kappa shape index (κ2) is 9.66. The maximum atomic E-state index is 12.1. The van der Waals surface area contributed by atoms with Gasteiger partial charge in [-0.15, -0.1) is 0 Å². The van der Waals surface area contributed by atoms with E-state index >= 15 is 0 Å². The van der Waals surface area contributed by atoms with Gasteiger partial charge in [0.05, 0.1) is 19.3 Å². The summed E-state index contributed by atoms with van der Waals surface area (Å²) in [4.78, 5) is 12.1. The molecule has 0 aromatic rings. The molecule has 5 nitrogen and oxygen atoms in total. The van der Waals surface area contributed by atoms with Crippen LogP contribution in [0.25, 0.3) is 0 Å². The fourth-order valence-corrected chi connectivity index (χ4v) is 3.11. The van der Waals surface area contributed by atoms with E-state index in [2.05, 4.69) is 5.32 Å². The third-order valence-electron chi connectivity index (χ3n) is 3.56. The van der Waals surface area contributed by atoms with E-state index in [-0.39, 0.29) is 12.6 Å². The molecule has 1 fully saturated rings. The zero-order valence-electron chi connectivity index (χ0n) is 13.1. The molecule has 1 aliphatic rings. The molecule has 21 heavy (non-hydrogen) atoms. The zero-order chi connectivity index (χ0) is 15.7. The lowest BCUT2D eigenvalue weighted by Crippen LogP contribution is -2.51. The van der Waals surface area contributed by atoms with Crippen LogP contribution in [-0.2, 0) is 9.53 Å². The number of esters is 1. The van der Waals surface area contributed by atoms with Crippen LogP contribution in [0.3, 0.4) is 0 Å². The Morgan fingerprint density at radius 2 is 2.19 bits per heavy atom. The summed E-state index contributed by atoms with van der Waals surface area (Å²) in [7, 11) is 0. The molecular weight excluding hydrogens is 290 g/mol. The van der Waals surface area contributed by atoms with E-state index in [0.29, 0.717) is 18.4 Å². The van der Waals surface area contributed by atoms with E-state index in [0.717, 1.165) is 37.9 Å².